The van der Waals surface area contributed by atoms with Gasteiger partial charge in [0.15, 0.2) is 0 Å². The molecule has 3 nitrogen and oxygen atoms in total. The molecule has 1 aliphatic heterocycles. The number of amides is 1. The highest BCUT2D eigenvalue weighted by atomic mass is 32.1. The number of carbonyl (C=O) groups excluding carboxylic acids is 1. The van der Waals surface area contributed by atoms with Crippen molar-refractivity contribution >= 4 is 17.2 Å². The zero-order valence-electron chi connectivity index (χ0n) is 16.8. The molecule has 2 aromatic carbocycles. The molecule has 4 heteroatoms. The van der Waals surface area contributed by atoms with E-state index in [1.165, 1.54) is 5.56 Å². The van der Waals surface area contributed by atoms with E-state index in [1.54, 1.807) is 11.3 Å². The second-order valence-electron chi connectivity index (χ2n) is 7.55. The normalized spacial score (nSPS) is 14.7. The van der Waals surface area contributed by atoms with Crippen molar-refractivity contribution in [3.63, 3.8) is 0 Å². The minimum absolute atomic E-state index is 0.172. The van der Waals surface area contributed by atoms with Crippen molar-refractivity contribution in [3.05, 3.63) is 77.2 Å². The van der Waals surface area contributed by atoms with Gasteiger partial charge in [0.1, 0.15) is 5.75 Å². The molecule has 29 heavy (non-hydrogen) atoms. The Balaban J connectivity index is 1.34. The molecular formula is C25H27NO2S. The summed E-state index contributed by atoms with van der Waals surface area (Å²) in [5.41, 5.74) is 2.52. The van der Waals surface area contributed by atoms with E-state index < -0.39 is 0 Å². The molecule has 0 spiro atoms. The van der Waals surface area contributed by atoms with Crippen LogP contribution in [0.5, 0.6) is 5.75 Å². The summed E-state index contributed by atoms with van der Waals surface area (Å²) in [6.07, 6.45) is 3.28. The van der Waals surface area contributed by atoms with Crippen molar-refractivity contribution in [2.75, 3.05) is 19.7 Å². The second-order valence-corrected chi connectivity index (χ2v) is 8.63. The van der Waals surface area contributed by atoms with Crippen LogP contribution in [0.2, 0.25) is 0 Å². The predicted octanol–water partition coefficient (Wildman–Crippen LogP) is 5.91. The van der Waals surface area contributed by atoms with Crippen molar-refractivity contribution in [1.29, 1.82) is 0 Å². The van der Waals surface area contributed by atoms with E-state index in [9.17, 15) is 4.79 Å². The van der Waals surface area contributed by atoms with Gasteiger partial charge in [0, 0.05) is 18.0 Å². The Morgan fingerprint density at radius 2 is 1.72 bits per heavy atom. The highest BCUT2D eigenvalue weighted by molar-refractivity contribution is 7.17. The third-order valence-electron chi connectivity index (χ3n) is 5.54. The lowest BCUT2D eigenvalue weighted by Gasteiger charge is -2.31. The van der Waals surface area contributed by atoms with Gasteiger partial charge < -0.3 is 9.64 Å². The Morgan fingerprint density at radius 1 is 1.00 bits per heavy atom. The zero-order chi connectivity index (χ0) is 20.1. The van der Waals surface area contributed by atoms with E-state index >= 15 is 0 Å². The Kier molecular flexibility index (Phi) is 6.30. The third kappa shape index (κ3) is 4.88. The van der Waals surface area contributed by atoms with Crippen molar-refractivity contribution in [1.82, 2.24) is 4.90 Å². The van der Waals surface area contributed by atoms with Gasteiger partial charge in [-0.05, 0) is 79.6 Å². The van der Waals surface area contributed by atoms with Gasteiger partial charge in [-0.3, -0.25) is 4.79 Å². The average molecular weight is 406 g/mol. The van der Waals surface area contributed by atoms with Crippen molar-refractivity contribution in [3.8, 4) is 16.2 Å². The topological polar surface area (TPSA) is 29.5 Å². The highest BCUT2D eigenvalue weighted by Crippen LogP contribution is 2.31. The first-order chi connectivity index (χ1) is 14.2. The minimum Gasteiger partial charge on any atom is -0.494 e. The van der Waals surface area contributed by atoms with Gasteiger partial charge in [0.2, 0.25) is 0 Å². The van der Waals surface area contributed by atoms with E-state index in [1.807, 2.05) is 30.0 Å². The SMILES string of the molecule is CCOc1ccc(-c2ccc(C(=O)N3CCC(Cc4ccccc4)CC3)s2)cc1. The Hall–Kier alpha value is -2.59. The first-order valence-corrected chi connectivity index (χ1v) is 11.2. The van der Waals surface area contributed by atoms with E-state index in [4.69, 9.17) is 4.74 Å². The largest absolute Gasteiger partial charge is 0.494 e. The number of carbonyl (C=O) groups is 1. The van der Waals surface area contributed by atoms with Crippen molar-refractivity contribution in [2.24, 2.45) is 5.92 Å². The lowest BCUT2D eigenvalue weighted by Crippen LogP contribution is -2.38. The van der Waals surface area contributed by atoms with Gasteiger partial charge in [0.25, 0.3) is 5.91 Å². The third-order valence-corrected chi connectivity index (χ3v) is 6.66. The molecule has 1 amide bonds. The monoisotopic (exact) mass is 405 g/mol. The number of hydrogen-bond acceptors (Lipinski definition) is 3. The molecule has 0 N–H and O–H groups in total. The van der Waals surface area contributed by atoms with Crippen LogP contribution < -0.4 is 4.74 Å². The number of hydrogen-bond donors (Lipinski definition) is 0. The number of piperidine rings is 1. The fraction of sp³-hybridized carbons (Fsp3) is 0.320. The van der Waals surface area contributed by atoms with Gasteiger partial charge in [-0.1, -0.05) is 30.3 Å². The smallest absolute Gasteiger partial charge is 0.263 e. The maximum absolute atomic E-state index is 13.0. The Morgan fingerprint density at radius 3 is 2.41 bits per heavy atom. The molecule has 3 aromatic rings. The van der Waals surface area contributed by atoms with E-state index in [0.717, 1.165) is 53.4 Å². The van der Waals surface area contributed by atoms with Crippen LogP contribution in [-0.4, -0.2) is 30.5 Å². The quantitative estimate of drug-likeness (QED) is 0.510. The number of rotatable bonds is 6. The molecule has 0 saturated carbocycles. The summed E-state index contributed by atoms with van der Waals surface area (Å²) in [6.45, 7) is 4.35. The molecule has 1 saturated heterocycles. The molecule has 1 aromatic heterocycles. The summed E-state index contributed by atoms with van der Waals surface area (Å²) >= 11 is 1.58. The molecule has 4 rings (SSSR count). The van der Waals surface area contributed by atoms with Crippen LogP contribution in [0.4, 0.5) is 0 Å². The van der Waals surface area contributed by atoms with Gasteiger partial charge in [-0.25, -0.2) is 0 Å². The predicted molar refractivity (Wildman–Crippen MR) is 120 cm³/mol. The molecule has 0 bridgehead atoms. The summed E-state index contributed by atoms with van der Waals surface area (Å²) in [5.74, 6) is 1.72. The van der Waals surface area contributed by atoms with Crippen LogP contribution in [0.15, 0.2) is 66.7 Å². The molecule has 0 radical (unpaired) electrons. The van der Waals surface area contributed by atoms with Crippen LogP contribution >= 0.6 is 11.3 Å². The molecular weight excluding hydrogens is 378 g/mol. The Labute approximate surface area is 176 Å². The minimum atomic E-state index is 0.172. The number of likely N-dealkylation sites (tertiary alicyclic amines) is 1. The van der Waals surface area contributed by atoms with Crippen molar-refractivity contribution < 1.29 is 9.53 Å². The van der Waals surface area contributed by atoms with Crippen LogP contribution in [0.1, 0.15) is 35.0 Å². The fourth-order valence-electron chi connectivity index (χ4n) is 3.93. The first kappa shape index (κ1) is 19.7. The fourth-order valence-corrected chi connectivity index (χ4v) is 4.91. The lowest BCUT2D eigenvalue weighted by molar-refractivity contribution is 0.0695. The van der Waals surface area contributed by atoms with Crippen molar-refractivity contribution in [2.45, 2.75) is 26.2 Å². The molecule has 1 fully saturated rings. The molecule has 1 aliphatic rings. The number of thiophene rings is 1. The van der Waals surface area contributed by atoms with E-state index in [0.29, 0.717) is 12.5 Å². The number of benzene rings is 2. The maximum Gasteiger partial charge on any atom is 0.263 e. The molecule has 0 unspecified atom stereocenters. The molecule has 0 aliphatic carbocycles. The van der Waals surface area contributed by atoms with Crippen LogP contribution in [0.25, 0.3) is 10.4 Å². The summed E-state index contributed by atoms with van der Waals surface area (Å²) in [5, 5.41) is 0. The second kappa shape index (κ2) is 9.27. The zero-order valence-corrected chi connectivity index (χ0v) is 17.7. The Bertz CT molecular complexity index is 925. The lowest BCUT2D eigenvalue weighted by atomic mass is 9.90. The van der Waals surface area contributed by atoms with Crippen LogP contribution in [0, 0.1) is 5.92 Å². The summed E-state index contributed by atoms with van der Waals surface area (Å²) in [4.78, 5) is 16.9. The van der Waals surface area contributed by atoms with Crippen LogP contribution in [0.3, 0.4) is 0 Å². The summed E-state index contributed by atoms with van der Waals surface area (Å²) in [6, 6.07) is 22.8. The van der Waals surface area contributed by atoms with Gasteiger partial charge >= 0.3 is 0 Å². The standard InChI is InChI=1S/C25H27NO2S/c1-2-28-22-10-8-21(9-11-22)23-12-13-24(29-23)25(27)26-16-14-20(15-17-26)18-19-6-4-3-5-7-19/h3-13,20H,2,14-18H2,1H3. The highest BCUT2D eigenvalue weighted by Gasteiger charge is 2.24. The van der Waals surface area contributed by atoms with Crippen LogP contribution in [-0.2, 0) is 6.42 Å². The number of ether oxygens (including phenoxy) is 1. The van der Waals surface area contributed by atoms with Gasteiger partial charge in [-0.2, -0.15) is 0 Å². The van der Waals surface area contributed by atoms with Gasteiger partial charge in [-0.15, -0.1) is 11.3 Å². The first-order valence-electron chi connectivity index (χ1n) is 10.4. The average Bonchev–Trinajstić information content (AvgIpc) is 3.26. The summed E-state index contributed by atoms with van der Waals surface area (Å²) in [7, 11) is 0. The van der Waals surface area contributed by atoms with Gasteiger partial charge in [0.05, 0.1) is 11.5 Å². The molecule has 2 heterocycles. The molecule has 0 atom stereocenters. The summed E-state index contributed by atoms with van der Waals surface area (Å²) < 4.78 is 5.51. The van der Waals surface area contributed by atoms with E-state index in [-0.39, 0.29) is 5.91 Å². The number of nitrogens with zero attached hydrogens (tertiary/aromatic N) is 1. The van der Waals surface area contributed by atoms with E-state index in [2.05, 4.69) is 48.5 Å². The maximum atomic E-state index is 13.0. The molecule has 150 valence electrons.